The first-order valence-electron chi connectivity index (χ1n) is 5.57. The SMILES string of the molecule is O=C(c1c(Cl)ccc(Cl)c1O)N1CCCCC1. The number of likely N-dealkylation sites (tertiary alicyclic amines) is 1. The molecule has 0 aliphatic carbocycles. The van der Waals surface area contributed by atoms with Gasteiger partial charge in [0.2, 0.25) is 0 Å². The predicted octanol–water partition coefficient (Wildman–Crippen LogP) is 3.33. The quantitative estimate of drug-likeness (QED) is 0.853. The van der Waals surface area contributed by atoms with Gasteiger partial charge in [0.05, 0.1) is 10.0 Å². The first kappa shape index (κ1) is 12.5. The minimum absolute atomic E-state index is 0.112. The van der Waals surface area contributed by atoms with Gasteiger partial charge in [-0.25, -0.2) is 0 Å². The zero-order valence-corrected chi connectivity index (χ0v) is 10.8. The Morgan fingerprint density at radius 2 is 1.71 bits per heavy atom. The van der Waals surface area contributed by atoms with Crippen molar-refractivity contribution in [3.63, 3.8) is 0 Å². The number of hydrogen-bond donors (Lipinski definition) is 1. The molecule has 5 heteroatoms. The van der Waals surface area contributed by atoms with E-state index >= 15 is 0 Å². The summed E-state index contributed by atoms with van der Waals surface area (Å²) < 4.78 is 0. The van der Waals surface area contributed by atoms with Crippen LogP contribution in [0.2, 0.25) is 10.0 Å². The molecule has 0 radical (unpaired) electrons. The summed E-state index contributed by atoms with van der Waals surface area (Å²) in [5.74, 6) is -0.468. The monoisotopic (exact) mass is 273 g/mol. The van der Waals surface area contributed by atoms with Crippen LogP contribution < -0.4 is 0 Å². The number of hydrogen-bond acceptors (Lipinski definition) is 2. The minimum atomic E-state index is -0.241. The number of halogens is 2. The highest BCUT2D eigenvalue weighted by atomic mass is 35.5. The molecule has 92 valence electrons. The van der Waals surface area contributed by atoms with Gasteiger partial charge < -0.3 is 10.0 Å². The molecule has 1 heterocycles. The molecule has 1 aliphatic heterocycles. The first-order chi connectivity index (χ1) is 8.11. The molecule has 1 aromatic carbocycles. The van der Waals surface area contributed by atoms with Crippen molar-refractivity contribution >= 4 is 29.1 Å². The number of rotatable bonds is 1. The van der Waals surface area contributed by atoms with E-state index in [-0.39, 0.29) is 27.3 Å². The molecular formula is C12H13Cl2NO2. The molecule has 0 saturated carbocycles. The molecule has 2 rings (SSSR count). The zero-order valence-electron chi connectivity index (χ0n) is 9.25. The number of aromatic hydroxyl groups is 1. The standard InChI is InChI=1S/C12H13Cl2NO2/c13-8-4-5-9(14)11(16)10(8)12(17)15-6-2-1-3-7-15/h4-5,16H,1-3,6-7H2. The Morgan fingerprint density at radius 3 is 2.35 bits per heavy atom. The molecule has 0 unspecified atom stereocenters. The molecule has 1 N–H and O–H groups in total. The van der Waals surface area contributed by atoms with Crippen molar-refractivity contribution in [3.8, 4) is 5.75 Å². The predicted molar refractivity (Wildman–Crippen MR) is 67.9 cm³/mol. The fraction of sp³-hybridized carbons (Fsp3) is 0.417. The molecule has 1 amide bonds. The average molecular weight is 274 g/mol. The van der Waals surface area contributed by atoms with Crippen LogP contribution in [-0.4, -0.2) is 29.0 Å². The van der Waals surface area contributed by atoms with Crippen molar-refractivity contribution in [2.45, 2.75) is 19.3 Å². The Labute approximate surface area is 110 Å². The number of benzene rings is 1. The van der Waals surface area contributed by atoms with E-state index in [1.54, 1.807) is 4.90 Å². The second-order valence-electron chi connectivity index (χ2n) is 4.11. The van der Waals surface area contributed by atoms with Crippen LogP contribution >= 0.6 is 23.2 Å². The molecule has 1 aromatic rings. The van der Waals surface area contributed by atoms with Crippen molar-refractivity contribution in [1.82, 2.24) is 4.90 Å². The fourth-order valence-corrected chi connectivity index (χ4v) is 2.39. The molecule has 0 spiro atoms. The number of nitrogens with zero attached hydrogens (tertiary/aromatic N) is 1. The maximum Gasteiger partial charge on any atom is 0.259 e. The van der Waals surface area contributed by atoms with E-state index in [2.05, 4.69) is 0 Å². The molecule has 0 atom stereocenters. The zero-order chi connectivity index (χ0) is 12.4. The summed E-state index contributed by atoms with van der Waals surface area (Å²) >= 11 is 11.7. The van der Waals surface area contributed by atoms with Crippen molar-refractivity contribution in [3.05, 3.63) is 27.7 Å². The molecule has 1 saturated heterocycles. The summed E-state index contributed by atoms with van der Waals surface area (Å²) in [6.07, 6.45) is 3.12. The number of carbonyl (C=O) groups is 1. The highest BCUT2D eigenvalue weighted by molar-refractivity contribution is 6.37. The topological polar surface area (TPSA) is 40.5 Å². The highest BCUT2D eigenvalue weighted by Gasteiger charge is 2.24. The molecule has 1 aliphatic rings. The van der Waals surface area contributed by atoms with Gasteiger partial charge in [-0.05, 0) is 31.4 Å². The van der Waals surface area contributed by atoms with Crippen molar-refractivity contribution in [2.75, 3.05) is 13.1 Å². The van der Waals surface area contributed by atoms with Crippen LogP contribution in [0.25, 0.3) is 0 Å². The van der Waals surface area contributed by atoms with Crippen LogP contribution in [0.5, 0.6) is 5.75 Å². The van der Waals surface area contributed by atoms with Crippen LogP contribution in [0.1, 0.15) is 29.6 Å². The lowest BCUT2D eigenvalue weighted by atomic mass is 10.1. The van der Waals surface area contributed by atoms with E-state index in [0.29, 0.717) is 13.1 Å². The van der Waals surface area contributed by atoms with Crippen LogP contribution in [0.3, 0.4) is 0 Å². The number of phenolic OH excluding ortho intramolecular Hbond substituents is 1. The van der Waals surface area contributed by atoms with Gasteiger partial charge in [0, 0.05) is 13.1 Å². The number of phenols is 1. The van der Waals surface area contributed by atoms with Gasteiger partial charge in [-0.3, -0.25) is 4.79 Å². The second-order valence-corrected chi connectivity index (χ2v) is 4.92. The molecule has 3 nitrogen and oxygen atoms in total. The molecule has 1 fully saturated rings. The normalized spacial score (nSPS) is 16.0. The van der Waals surface area contributed by atoms with Gasteiger partial charge in [0.1, 0.15) is 11.3 Å². The van der Waals surface area contributed by atoms with Crippen molar-refractivity contribution in [2.24, 2.45) is 0 Å². The van der Waals surface area contributed by atoms with Crippen LogP contribution in [0.15, 0.2) is 12.1 Å². The van der Waals surface area contributed by atoms with Gasteiger partial charge in [-0.2, -0.15) is 0 Å². The van der Waals surface area contributed by atoms with Crippen LogP contribution in [0.4, 0.5) is 0 Å². The maximum absolute atomic E-state index is 12.2. The van der Waals surface area contributed by atoms with E-state index in [1.165, 1.54) is 12.1 Å². The van der Waals surface area contributed by atoms with Gasteiger partial charge in [0.15, 0.2) is 0 Å². The number of carbonyl (C=O) groups excluding carboxylic acids is 1. The summed E-state index contributed by atoms with van der Waals surface area (Å²) in [6, 6.07) is 3.01. The molecule has 17 heavy (non-hydrogen) atoms. The summed E-state index contributed by atoms with van der Waals surface area (Å²) in [4.78, 5) is 13.9. The number of amides is 1. The van der Waals surface area contributed by atoms with E-state index < -0.39 is 0 Å². The molecule has 0 bridgehead atoms. The van der Waals surface area contributed by atoms with Crippen LogP contribution in [0, 0.1) is 0 Å². The summed E-state index contributed by atoms with van der Waals surface area (Å²) in [7, 11) is 0. The smallest absolute Gasteiger partial charge is 0.259 e. The maximum atomic E-state index is 12.2. The third-order valence-corrected chi connectivity index (χ3v) is 3.55. The Kier molecular flexibility index (Phi) is 3.79. The van der Waals surface area contributed by atoms with Gasteiger partial charge >= 0.3 is 0 Å². The lowest BCUT2D eigenvalue weighted by molar-refractivity contribution is 0.0721. The lowest BCUT2D eigenvalue weighted by Crippen LogP contribution is -2.35. The highest BCUT2D eigenvalue weighted by Crippen LogP contribution is 2.34. The van der Waals surface area contributed by atoms with Gasteiger partial charge in [0.25, 0.3) is 5.91 Å². The Bertz CT molecular complexity index is 442. The molecule has 0 aromatic heterocycles. The molecular weight excluding hydrogens is 261 g/mol. The lowest BCUT2D eigenvalue weighted by Gasteiger charge is -2.27. The van der Waals surface area contributed by atoms with Gasteiger partial charge in [-0.15, -0.1) is 0 Å². The Hall–Kier alpha value is -0.930. The van der Waals surface area contributed by atoms with E-state index in [9.17, 15) is 9.90 Å². The van der Waals surface area contributed by atoms with E-state index in [4.69, 9.17) is 23.2 Å². The van der Waals surface area contributed by atoms with E-state index in [1.807, 2.05) is 0 Å². The third-order valence-electron chi connectivity index (χ3n) is 2.93. The van der Waals surface area contributed by atoms with Crippen LogP contribution in [-0.2, 0) is 0 Å². The van der Waals surface area contributed by atoms with Gasteiger partial charge in [-0.1, -0.05) is 23.2 Å². The van der Waals surface area contributed by atoms with E-state index in [0.717, 1.165) is 19.3 Å². The minimum Gasteiger partial charge on any atom is -0.505 e. The number of piperidine rings is 1. The Balaban J connectivity index is 2.32. The average Bonchev–Trinajstić information content (AvgIpc) is 2.35. The van der Waals surface area contributed by atoms with Crippen molar-refractivity contribution in [1.29, 1.82) is 0 Å². The fourth-order valence-electron chi connectivity index (χ4n) is 2.00. The Morgan fingerprint density at radius 1 is 1.12 bits per heavy atom. The third kappa shape index (κ3) is 2.50. The summed E-state index contributed by atoms with van der Waals surface area (Å²) in [5.41, 5.74) is 0.112. The second kappa shape index (κ2) is 5.15. The first-order valence-corrected chi connectivity index (χ1v) is 6.33. The largest absolute Gasteiger partial charge is 0.505 e. The van der Waals surface area contributed by atoms with Crippen molar-refractivity contribution < 1.29 is 9.90 Å². The summed E-state index contributed by atoms with van der Waals surface area (Å²) in [6.45, 7) is 1.42. The summed E-state index contributed by atoms with van der Waals surface area (Å²) in [5, 5.41) is 10.2.